The zero-order chi connectivity index (χ0) is 28.0. The quantitative estimate of drug-likeness (QED) is 0.272. The number of aromatic amines is 1. The van der Waals surface area contributed by atoms with Gasteiger partial charge in [-0.3, -0.25) is 9.59 Å². The highest BCUT2D eigenvalue weighted by molar-refractivity contribution is 6.36. The number of nitrogens with one attached hydrogen (secondary N) is 3. The Morgan fingerprint density at radius 1 is 0.875 bits per heavy atom. The zero-order valence-electron chi connectivity index (χ0n) is 23.3. The summed E-state index contributed by atoms with van der Waals surface area (Å²) in [4.78, 5) is 32.2. The molecule has 3 N–H and O–H groups in total. The van der Waals surface area contributed by atoms with Gasteiger partial charge in [0.25, 0.3) is 11.8 Å². The minimum atomic E-state index is -0.147. The smallest absolute Gasteiger partial charge is 0.256 e. The fourth-order valence-electron chi connectivity index (χ4n) is 6.16. The van der Waals surface area contributed by atoms with Crippen LogP contribution in [-0.2, 0) is 4.79 Å². The molecule has 40 heavy (non-hydrogen) atoms. The van der Waals surface area contributed by atoms with Gasteiger partial charge in [0.2, 0.25) is 0 Å². The van der Waals surface area contributed by atoms with E-state index < -0.39 is 0 Å². The molecule has 1 saturated heterocycles. The highest BCUT2D eigenvalue weighted by Crippen LogP contribution is 2.41. The number of piperazine rings is 1. The van der Waals surface area contributed by atoms with E-state index in [4.69, 9.17) is 0 Å². The fourth-order valence-corrected chi connectivity index (χ4v) is 6.16. The minimum absolute atomic E-state index is 0.0331. The molecular weight excluding hydrogens is 496 g/mol. The molecule has 6 nitrogen and oxygen atoms in total. The fraction of sp³-hybridized carbons (Fsp3) is 0.235. The summed E-state index contributed by atoms with van der Waals surface area (Å²) in [5.41, 5.74) is 9.69. The molecule has 1 fully saturated rings. The van der Waals surface area contributed by atoms with Gasteiger partial charge in [-0.15, -0.1) is 0 Å². The maximum absolute atomic E-state index is 13.6. The average Bonchev–Trinajstić information content (AvgIpc) is 3.42. The molecule has 6 rings (SSSR count). The number of anilines is 1. The van der Waals surface area contributed by atoms with Crippen molar-refractivity contribution in [2.24, 2.45) is 0 Å². The molecule has 1 aromatic heterocycles. The molecule has 2 atom stereocenters. The lowest BCUT2D eigenvalue weighted by atomic mass is 9.92. The maximum atomic E-state index is 13.6. The van der Waals surface area contributed by atoms with Crippen LogP contribution in [0.3, 0.4) is 0 Å². The van der Waals surface area contributed by atoms with Crippen molar-refractivity contribution in [3.05, 3.63) is 101 Å². The second kappa shape index (κ2) is 10.3. The third kappa shape index (κ3) is 4.65. The number of fused-ring (bicyclic) bond motifs is 1. The van der Waals surface area contributed by atoms with Gasteiger partial charge < -0.3 is 20.5 Å². The Labute approximate surface area is 235 Å². The van der Waals surface area contributed by atoms with Crippen LogP contribution >= 0.6 is 0 Å². The molecule has 4 aromatic rings. The third-order valence-electron chi connectivity index (χ3n) is 7.93. The van der Waals surface area contributed by atoms with Crippen LogP contribution in [0.1, 0.15) is 46.7 Å². The first kappa shape index (κ1) is 25.8. The molecule has 0 aliphatic carbocycles. The number of carbonyl (C=O) groups excluding carboxylic acids is 2. The van der Waals surface area contributed by atoms with E-state index in [9.17, 15) is 9.59 Å². The Kier molecular flexibility index (Phi) is 6.64. The number of rotatable bonds is 4. The van der Waals surface area contributed by atoms with E-state index in [1.807, 2.05) is 55.2 Å². The van der Waals surface area contributed by atoms with E-state index in [-0.39, 0.29) is 23.9 Å². The van der Waals surface area contributed by atoms with Gasteiger partial charge in [-0.1, -0.05) is 60.7 Å². The number of H-pyrrole nitrogens is 1. The van der Waals surface area contributed by atoms with E-state index in [0.29, 0.717) is 24.2 Å². The van der Waals surface area contributed by atoms with Crippen molar-refractivity contribution < 1.29 is 9.59 Å². The minimum Gasteiger partial charge on any atom is -0.358 e. The van der Waals surface area contributed by atoms with E-state index in [1.54, 1.807) is 0 Å². The van der Waals surface area contributed by atoms with Gasteiger partial charge in [-0.2, -0.15) is 0 Å². The van der Waals surface area contributed by atoms with Gasteiger partial charge >= 0.3 is 0 Å². The van der Waals surface area contributed by atoms with Crippen molar-refractivity contribution in [1.82, 2.24) is 15.2 Å². The Hall–Kier alpha value is -4.42. The molecule has 3 heterocycles. The largest absolute Gasteiger partial charge is 0.358 e. The molecular formula is C34H34N4O2. The molecule has 0 radical (unpaired) electrons. The highest BCUT2D eigenvalue weighted by atomic mass is 16.2. The van der Waals surface area contributed by atoms with E-state index in [1.165, 1.54) is 0 Å². The molecule has 6 heteroatoms. The number of aromatic nitrogens is 1. The topological polar surface area (TPSA) is 77.2 Å². The van der Waals surface area contributed by atoms with Crippen LogP contribution in [0.2, 0.25) is 0 Å². The number of benzene rings is 3. The standard InChI is InChI=1S/C34H34N4O2/c1-20-18-38(19-21(2)35-20)34(40)31-22(3)30(36-23(31)4)17-28-32-27(14-9-15-29(32)37-33(28)39)26-13-8-12-25(16-26)24-10-6-5-7-11-24/h5-17,20-21,35-36H,18-19H2,1-4H3,(H,37,39)/t20-,21+. The summed E-state index contributed by atoms with van der Waals surface area (Å²) in [6, 6.07) is 25.2. The number of hydrogen-bond donors (Lipinski definition) is 3. The lowest BCUT2D eigenvalue weighted by Crippen LogP contribution is -2.55. The zero-order valence-corrected chi connectivity index (χ0v) is 23.3. The van der Waals surface area contributed by atoms with Gasteiger partial charge in [-0.25, -0.2) is 0 Å². The second-order valence-corrected chi connectivity index (χ2v) is 11.0. The van der Waals surface area contributed by atoms with Crippen molar-refractivity contribution in [2.45, 2.75) is 39.8 Å². The number of nitrogens with zero attached hydrogens (tertiary/aromatic N) is 1. The van der Waals surface area contributed by atoms with Crippen molar-refractivity contribution in [3.8, 4) is 22.3 Å². The number of carbonyl (C=O) groups is 2. The average molecular weight is 531 g/mol. The van der Waals surface area contributed by atoms with E-state index in [2.05, 4.69) is 71.9 Å². The first-order valence-electron chi connectivity index (χ1n) is 13.9. The summed E-state index contributed by atoms with van der Waals surface area (Å²) in [6.07, 6.45) is 1.90. The van der Waals surface area contributed by atoms with Crippen LogP contribution in [0.15, 0.2) is 72.8 Å². The maximum Gasteiger partial charge on any atom is 0.256 e. The van der Waals surface area contributed by atoms with E-state index in [0.717, 1.165) is 50.5 Å². The predicted octanol–water partition coefficient (Wildman–Crippen LogP) is 6.28. The summed E-state index contributed by atoms with van der Waals surface area (Å²) in [5, 5.41) is 6.53. The third-order valence-corrected chi connectivity index (χ3v) is 7.93. The molecule has 0 spiro atoms. The summed E-state index contributed by atoms with van der Waals surface area (Å²) in [7, 11) is 0. The molecule has 2 aliphatic rings. The molecule has 2 amide bonds. The number of amides is 2. The summed E-state index contributed by atoms with van der Waals surface area (Å²) in [5.74, 6) is -0.114. The van der Waals surface area contributed by atoms with Crippen LogP contribution in [0.4, 0.5) is 5.69 Å². The number of aryl methyl sites for hydroxylation is 1. The molecule has 202 valence electrons. The van der Waals surface area contributed by atoms with Crippen molar-refractivity contribution >= 4 is 29.2 Å². The first-order valence-corrected chi connectivity index (χ1v) is 13.9. The Morgan fingerprint density at radius 2 is 1.55 bits per heavy atom. The molecule has 2 aliphatic heterocycles. The van der Waals surface area contributed by atoms with Crippen molar-refractivity contribution in [1.29, 1.82) is 0 Å². The molecule has 3 aromatic carbocycles. The van der Waals surface area contributed by atoms with Gasteiger partial charge in [-0.05, 0) is 73.7 Å². The Bertz CT molecular complexity index is 1640. The molecule has 0 bridgehead atoms. The summed E-state index contributed by atoms with van der Waals surface area (Å²) < 4.78 is 0. The second-order valence-electron chi connectivity index (χ2n) is 11.0. The van der Waals surface area contributed by atoms with Crippen molar-refractivity contribution in [2.75, 3.05) is 18.4 Å². The van der Waals surface area contributed by atoms with Crippen LogP contribution in [0, 0.1) is 13.8 Å². The van der Waals surface area contributed by atoms with Crippen LogP contribution in [-0.4, -0.2) is 46.9 Å². The lowest BCUT2D eigenvalue weighted by Gasteiger charge is -2.36. The van der Waals surface area contributed by atoms with Gasteiger partial charge in [0.15, 0.2) is 0 Å². The predicted molar refractivity (Wildman–Crippen MR) is 162 cm³/mol. The first-order chi connectivity index (χ1) is 19.3. The monoisotopic (exact) mass is 530 g/mol. The normalized spacial score (nSPS) is 19.6. The number of hydrogen-bond acceptors (Lipinski definition) is 3. The van der Waals surface area contributed by atoms with Crippen LogP contribution < -0.4 is 10.6 Å². The Balaban J connectivity index is 1.40. The summed E-state index contributed by atoms with van der Waals surface area (Å²) >= 11 is 0. The SMILES string of the molecule is Cc1[nH]c(C=C2C(=O)Nc3cccc(-c4cccc(-c5ccccc5)c4)c32)c(C)c1C(=O)N1C[C@@H](C)N[C@@H](C)C1. The van der Waals surface area contributed by atoms with Crippen LogP contribution in [0.5, 0.6) is 0 Å². The highest BCUT2D eigenvalue weighted by Gasteiger charge is 2.31. The van der Waals surface area contributed by atoms with Crippen molar-refractivity contribution in [3.63, 3.8) is 0 Å². The Morgan fingerprint density at radius 3 is 2.30 bits per heavy atom. The van der Waals surface area contributed by atoms with Gasteiger partial charge in [0.1, 0.15) is 0 Å². The van der Waals surface area contributed by atoms with Gasteiger partial charge in [0, 0.05) is 47.8 Å². The van der Waals surface area contributed by atoms with Crippen LogP contribution in [0.25, 0.3) is 33.9 Å². The molecule has 0 saturated carbocycles. The molecule has 0 unspecified atom stereocenters. The van der Waals surface area contributed by atoms with E-state index >= 15 is 0 Å². The lowest BCUT2D eigenvalue weighted by molar-refractivity contribution is -0.110. The van der Waals surface area contributed by atoms with Gasteiger partial charge in [0.05, 0.1) is 11.1 Å². The summed E-state index contributed by atoms with van der Waals surface area (Å²) in [6.45, 7) is 9.44.